The van der Waals surface area contributed by atoms with Gasteiger partial charge in [-0.2, -0.15) is 0 Å². The van der Waals surface area contributed by atoms with Crippen LogP contribution in [0.3, 0.4) is 0 Å². The summed E-state index contributed by atoms with van der Waals surface area (Å²) in [6.07, 6.45) is 17.6. The molecule has 4 saturated carbocycles. The van der Waals surface area contributed by atoms with Crippen molar-refractivity contribution in [3.63, 3.8) is 0 Å². The number of amides is 2. The first kappa shape index (κ1) is 35.6. The molecule has 1 aromatic carbocycles. The van der Waals surface area contributed by atoms with E-state index >= 15 is 0 Å². The SMILES string of the molecule is COc1ccc(CN(C[C@]2(O)CC[C@H]3[C@]45C=C[C@@]6(C=C4C(=O)C4CCCCC4)CC(O)CC[C@]6(C)[C@H]5CC[C@@]32C)C(=O)NC(C)C)c(OC)c1. The summed E-state index contributed by atoms with van der Waals surface area (Å²) in [6.45, 7) is 9.05. The Morgan fingerprint density at radius 1 is 0.940 bits per heavy atom. The predicted molar refractivity (Wildman–Crippen MR) is 194 cm³/mol. The minimum atomic E-state index is -1.16. The third kappa shape index (κ3) is 5.20. The predicted octanol–water partition coefficient (Wildman–Crippen LogP) is 7.36. The van der Waals surface area contributed by atoms with Crippen molar-refractivity contribution in [2.45, 2.75) is 129 Å². The monoisotopic (exact) mass is 688 g/mol. The number of fused-ring (bicyclic) bond motifs is 1. The second-order valence-corrected chi connectivity index (χ2v) is 17.6. The number of aliphatic hydroxyl groups is 2. The first-order valence-corrected chi connectivity index (χ1v) is 19.4. The molecule has 50 heavy (non-hydrogen) atoms. The Balaban J connectivity index is 1.28. The molecule has 0 heterocycles. The zero-order valence-electron chi connectivity index (χ0n) is 31.2. The van der Waals surface area contributed by atoms with E-state index in [-0.39, 0.29) is 59.9 Å². The van der Waals surface area contributed by atoms with Crippen molar-refractivity contribution in [3.8, 4) is 11.5 Å². The van der Waals surface area contributed by atoms with Gasteiger partial charge in [-0.15, -0.1) is 0 Å². The van der Waals surface area contributed by atoms with Gasteiger partial charge in [0, 0.05) is 45.4 Å². The molecule has 274 valence electrons. The highest BCUT2D eigenvalue weighted by Gasteiger charge is 2.74. The molecular weight excluding hydrogens is 628 g/mol. The molecule has 0 aromatic heterocycles. The van der Waals surface area contributed by atoms with Gasteiger partial charge in [0.05, 0.1) is 39.0 Å². The lowest BCUT2D eigenvalue weighted by Crippen LogP contribution is -2.67. The molecule has 8 rings (SSSR count). The van der Waals surface area contributed by atoms with Crippen LogP contribution >= 0.6 is 0 Å². The van der Waals surface area contributed by atoms with Crippen molar-refractivity contribution in [2.75, 3.05) is 20.8 Å². The maximum absolute atomic E-state index is 14.9. The third-order valence-corrected chi connectivity index (χ3v) is 15.0. The Morgan fingerprint density at radius 2 is 1.64 bits per heavy atom. The molecule has 0 radical (unpaired) electrons. The smallest absolute Gasteiger partial charge is 0.317 e. The molecule has 8 atom stereocenters. The normalized spacial score (nSPS) is 38.9. The molecule has 7 aliphatic carbocycles. The molecule has 2 amide bonds. The van der Waals surface area contributed by atoms with E-state index < -0.39 is 16.4 Å². The molecule has 3 N–H and O–H groups in total. The van der Waals surface area contributed by atoms with E-state index in [0.717, 1.165) is 68.9 Å². The van der Waals surface area contributed by atoms with Gasteiger partial charge in [-0.05, 0) is 101 Å². The number of Topliss-reactive ketones (excluding diaryl/α,β-unsaturated/α-hetero) is 1. The zero-order valence-corrected chi connectivity index (χ0v) is 31.2. The zero-order chi connectivity index (χ0) is 35.7. The number of rotatable bonds is 9. The summed E-state index contributed by atoms with van der Waals surface area (Å²) < 4.78 is 11.2. The van der Waals surface area contributed by atoms with Crippen LogP contribution in [0.25, 0.3) is 0 Å². The van der Waals surface area contributed by atoms with Crippen molar-refractivity contribution in [1.82, 2.24) is 10.2 Å². The van der Waals surface area contributed by atoms with Gasteiger partial charge in [-0.25, -0.2) is 4.79 Å². The molecule has 8 heteroatoms. The Labute approximate surface area is 299 Å². The highest BCUT2D eigenvalue weighted by atomic mass is 16.5. The van der Waals surface area contributed by atoms with Crippen LogP contribution in [0.2, 0.25) is 0 Å². The van der Waals surface area contributed by atoms with Gasteiger partial charge >= 0.3 is 6.03 Å². The maximum atomic E-state index is 14.9. The number of aliphatic hydroxyl groups excluding tert-OH is 1. The number of carbonyl (C=O) groups excluding carboxylic acids is 2. The largest absolute Gasteiger partial charge is 0.497 e. The minimum absolute atomic E-state index is 0.0529. The second kappa shape index (κ2) is 12.7. The number of ether oxygens (including phenoxy) is 2. The summed E-state index contributed by atoms with van der Waals surface area (Å²) >= 11 is 0. The quantitative estimate of drug-likeness (QED) is 0.234. The highest BCUT2D eigenvalue weighted by molar-refractivity contribution is 6.00. The summed E-state index contributed by atoms with van der Waals surface area (Å²) in [4.78, 5) is 30.6. The Bertz CT molecular complexity index is 1560. The van der Waals surface area contributed by atoms with E-state index in [2.05, 4.69) is 37.4 Å². The molecule has 8 nitrogen and oxygen atoms in total. The van der Waals surface area contributed by atoms with Gasteiger partial charge in [-0.1, -0.05) is 51.3 Å². The number of methoxy groups -OCH3 is 2. The molecule has 2 spiro atoms. The molecule has 1 unspecified atom stereocenters. The molecule has 0 saturated heterocycles. The Kier molecular flexibility index (Phi) is 9.02. The maximum Gasteiger partial charge on any atom is 0.317 e. The van der Waals surface area contributed by atoms with E-state index in [9.17, 15) is 19.8 Å². The van der Waals surface area contributed by atoms with Gasteiger partial charge in [0.15, 0.2) is 5.78 Å². The third-order valence-electron chi connectivity index (χ3n) is 15.0. The molecule has 1 aromatic rings. The van der Waals surface area contributed by atoms with Gasteiger partial charge in [0.1, 0.15) is 11.5 Å². The van der Waals surface area contributed by atoms with Crippen LogP contribution in [-0.2, 0) is 11.3 Å². The van der Waals surface area contributed by atoms with Crippen molar-refractivity contribution in [2.24, 2.45) is 39.4 Å². The fraction of sp³-hybridized carbons (Fsp3) is 0.714. The number of allylic oxidation sites excluding steroid dienone is 4. The second-order valence-electron chi connectivity index (χ2n) is 17.6. The van der Waals surface area contributed by atoms with Crippen LogP contribution in [-0.4, -0.2) is 65.4 Å². The van der Waals surface area contributed by atoms with E-state index in [1.165, 1.54) is 6.42 Å². The summed E-state index contributed by atoms with van der Waals surface area (Å²) in [7, 11) is 3.24. The number of carbonyl (C=O) groups is 2. The molecule has 2 bridgehead atoms. The van der Waals surface area contributed by atoms with Gasteiger partial charge < -0.3 is 29.9 Å². The first-order chi connectivity index (χ1) is 23.8. The lowest BCUT2D eigenvalue weighted by Gasteiger charge is -2.71. The van der Waals surface area contributed by atoms with Crippen molar-refractivity contribution in [3.05, 3.63) is 47.6 Å². The average molecular weight is 689 g/mol. The highest BCUT2D eigenvalue weighted by Crippen LogP contribution is 2.78. The van der Waals surface area contributed by atoms with E-state index in [4.69, 9.17) is 9.47 Å². The Hall–Kier alpha value is -2.84. The number of hydrogen-bond acceptors (Lipinski definition) is 6. The number of nitrogens with zero attached hydrogens (tertiary/aromatic N) is 1. The topological polar surface area (TPSA) is 108 Å². The first-order valence-electron chi connectivity index (χ1n) is 19.4. The van der Waals surface area contributed by atoms with Gasteiger partial charge in [0.25, 0.3) is 0 Å². The molecule has 0 aliphatic heterocycles. The van der Waals surface area contributed by atoms with Gasteiger partial charge in [-0.3, -0.25) is 4.79 Å². The van der Waals surface area contributed by atoms with Crippen molar-refractivity contribution in [1.29, 1.82) is 0 Å². The van der Waals surface area contributed by atoms with Crippen LogP contribution in [0.15, 0.2) is 42.0 Å². The number of ketones is 1. The van der Waals surface area contributed by atoms with E-state index in [1.54, 1.807) is 19.1 Å². The molecule has 7 aliphatic rings. The number of benzene rings is 1. The standard InChI is InChI=1S/C42H60N2O6/c1-27(2)43-37(47)44(25-29-12-13-31(49-5)22-33(29)50-6)26-41(48)19-16-35-39(41,4)18-15-34-38(3)17-14-30(45)23-40(38)20-21-42(34,35)32(24-40)36(46)28-10-8-7-9-11-28/h12-13,20-22,24,27-28,30,34-35,45,48H,7-11,14-19,23,25-26H2,1-6H3,(H,43,47)/t30?,34-,35-,38-,39+,40+,41-,42-/m1/s1. The van der Waals surface area contributed by atoms with E-state index in [1.807, 2.05) is 32.0 Å². The Morgan fingerprint density at radius 3 is 2.34 bits per heavy atom. The average Bonchev–Trinajstić information content (AvgIpc) is 3.37. The van der Waals surface area contributed by atoms with E-state index in [0.29, 0.717) is 30.1 Å². The van der Waals surface area contributed by atoms with Crippen molar-refractivity contribution >= 4 is 11.8 Å². The fourth-order valence-corrected chi connectivity index (χ4v) is 12.2. The van der Waals surface area contributed by atoms with Gasteiger partial charge in [0.2, 0.25) is 0 Å². The van der Waals surface area contributed by atoms with Crippen LogP contribution in [0.1, 0.15) is 110 Å². The number of urea groups is 1. The van der Waals surface area contributed by atoms with Crippen LogP contribution in [0.5, 0.6) is 11.5 Å². The number of hydrogen-bond donors (Lipinski definition) is 3. The lowest BCUT2D eigenvalue weighted by atomic mass is 9.32. The van der Waals surface area contributed by atoms with Crippen LogP contribution in [0.4, 0.5) is 4.79 Å². The summed E-state index contributed by atoms with van der Waals surface area (Å²) in [5, 5.41) is 27.2. The molecular formula is C42H60N2O6. The lowest BCUT2D eigenvalue weighted by molar-refractivity contribution is -0.178. The van der Waals surface area contributed by atoms with Crippen LogP contribution < -0.4 is 14.8 Å². The summed E-state index contributed by atoms with van der Waals surface area (Å²) in [5.74, 6) is 2.01. The minimum Gasteiger partial charge on any atom is -0.497 e. The fourth-order valence-electron chi connectivity index (χ4n) is 12.2. The van der Waals surface area contributed by atoms with Crippen molar-refractivity contribution < 1.29 is 29.3 Å². The number of nitrogens with one attached hydrogen (secondary N) is 1. The summed E-state index contributed by atoms with van der Waals surface area (Å²) in [5.41, 5.74) is -0.700. The summed E-state index contributed by atoms with van der Waals surface area (Å²) in [6, 6.07) is 5.35. The molecule has 4 fully saturated rings. The van der Waals surface area contributed by atoms with Crippen LogP contribution in [0, 0.1) is 39.4 Å².